The van der Waals surface area contributed by atoms with Crippen LogP contribution in [0.5, 0.6) is 11.5 Å². The molecule has 0 aliphatic carbocycles. The van der Waals surface area contributed by atoms with Gasteiger partial charge in [0.25, 0.3) is 11.6 Å². The molecule has 168 valence electrons. The molecule has 0 fully saturated rings. The Labute approximate surface area is 188 Å². The van der Waals surface area contributed by atoms with Crippen molar-refractivity contribution in [2.75, 3.05) is 18.5 Å². The van der Waals surface area contributed by atoms with E-state index >= 15 is 0 Å². The number of benzene rings is 3. The Morgan fingerprint density at radius 1 is 1.00 bits per heavy atom. The van der Waals surface area contributed by atoms with Gasteiger partial charge in [-0.15, -0.1) is 10.2 Å². The Morgan fingerprint density at radius 2 is 1.61 bits per heavy atom. The lowest BCUT2D eigenvalue weighted by atomic mass is 10.1. The van der Waals surface area contributed by atoms with Crippen molar-refractivity contribution < 1.29 is 19.2 Å². The second-order valence-corrected chi connectivity index (χ2v) is 7.16. The number of nitrogens with zero attached hydrogens (tertiary/aromatic N) is 4. The molecule has 1 heterocycles. The van der Waals surface area contributed by atoms with Gasteiger partial charge in [0.1, 0.15) is 22.5 Å². The number of non-ortho nitro benzene ring substituents is 1. The SMILES string of the molecule is CCOc1ccc(-n2nc3cc(C)c(NC(=O)COc4ccc([N+](=O)[O-])cc4)cc3n2)cc1. The molecule has 4 aromatic rings. The molecule has 10 heteroatoms. The van der Waals surface area contributed by atoms with Crippen molar-refractivity contribution in [3.8, 4) is 17.2 Å². The highest BCUT2D eigenvalue weighted by molar-refractivity contribution is 5.95. The number of ether oxygens (including phenoxy) is 2. The molecule has 3 aromatic carbocycles. The number of nitro benzene ring substituents is 1. The standard InChI is InChI=1S/C23H21N5O5/c1-3-32-18-8-4-16(5-9-18)27-25-21-12-15(2)20(13-22(21)26-27)24-23(29)14-33-19-10-6-17(7-11-19)28(30)31/h4-13H,3,14H2,1-2H3,(H,24,29). The van der Waals surface area contributed by atoms with Crippen LogP contribution in [0.4, 0.5) is 11.4 Å². The third-order valence-corrected chi connectivity index (χ3v) is 4.80. The van der Waals surface area contributed by atoms with Crippen molar-refractivity contribution in [3.63, 3.8) is 0 Å². The molecule has 0 spiro atoms. The number of nitro groups is 1. The molecule has 0 atom stereocenters. The number of anilines is 1. The van der Waals surface area contributed by atoms with Gasteiger partial charge in [-0.25, -0.2) is 0 Å². The summed E-state index contributed by atoms with van der Waals surface area (Å²) in [5, 5.41) is 22.5. The molecule has 1 aromatic heterocycles. The van der Waals surface area contributed by atoms with Crippen LogP contribution < -0.4 is 14.8 Å². The van der Waals surface area contributed by atoms with Crippen LogP contribution in [0.25, 0.3) is 16.7 Å². The van der Waals surface area contributed by atoms with E-state index in [1.165, 1.54) is 29.1 Å². The van der Waals surface area contributed by atoms with Crippen molar-refractivity contribution >= 4 is 28.3 Å². The van der Waals surface area contributed by atoms with Gasteiger partial charge in [-0.2, -0.15) is 4.80 Å². The predicted octanol–water partition coefficient (Wildman–Crippen LogP) is 4.05. The monoisotopic (exact) mass is 447 g/mol. The van der Waals surface area contributed by atoms with E-state index in [2.05, 4.69) is 15.5 Å². The third kappa shape index (κ3) is 5.06. The van der Waals surface area contributed by atoms with Crippen LogP contribution in [0.2, 0.25) is 0 Å². The number of carbonyl (C=O) groups is 1. The molecule has 33 heavy (non-hydrogen) atoms. The number of rotatable bonds is 8. The topological polar surface area (TPSA) is 121 Å². The van der Waals surface area contributed by atoms with E-state index < -0.39 is 4.92 Å². The summed E-state index contributed by atoms with van der Waals surface area (Å²) in [5.74, 6) is 0.769. The smallest absolute Gasteiger partial charge is 0.269 e. The van der Waals surface area contributed by atoms with Crippen LogP contribution >= 0.6 is 0 Å². The quantitative estimate of drug-likeness (QED) is 0.319. The number of aromatic nitrogens is 3. The van der Waals surface area contributed by atoms with Crippen LogP contribution in [0.15, 0.2) is 60.7 Å². The first-order valence-electron chi connectivity index (χ1n) is 10.2. The Balaban J connectivity index is 1.44. The van der Waals surface area contributed by atoms with Crippen LogP contribution in [0.1, 0.15) is 12.5 Å². The largest absolute Gasteiger partial charge is 0.494 e. The van der Waals surface area contributed by atoms with Gasteiger partial charge in [0, 0.05) is 17.8 Å². The zero-order chi connectivity index (χ0) is 23.4. The Kier molecular flexibility index (Phi) is 6.16. The summed E-state index contributed by atoms with van der Waals surface area (Å²) in [7, 11) is 0. The van der Waals surface area contributed by atoms with Crippen molar-refractivity contribution in [1.82, 2.24) is 15.0 Å². The van der Waals surface area contributed by atoms with Crippen LogP contribution in [-0.4, -0.2) is 39.0 Å². The van der Waals surface area contributed by atoms with Gasteiger partial charge in [0.2, 0.25) is 0 Å². The third-order valence-electron chi connectivity index (χ3n) is 4.80. The van der Waals surface area contributed by atoms with E-state index in [0.29, 0.717) is 29.1 Å². The summed E-state index contributed by atoms with van der Waals surface area (Å²) >= 11 is 0. The van der Waals surface area contributed by atoms with Gasteiger partial charge >= 0.3 is 0 Å². The maximum absolute atomic E-state index is 12.4. The Morgan fingerprint density at radius 3 is 2.24 bits per heavy atom. The lowest BCUT2D eigenvalue weighted by Gasteiger charge is -2.09. The number of hydrogen-bond acceptors (Lipinski definition) is 7. The second-order valence-electron chi connectivity index (χ2n) is 7.16. The number of carbonyl (C=O) groups excluding carboxylic acids is 1. The number of fused-ring (bicyclic) bond motifs is 1. The fourth-order valence-corrected chi connectivity index (χ4v) is 3.16. The first-order valence-corrected chi connectivity index (χ1v) is 10.2. The number of nitrogens with one attached hydrogen (secondary N) is 1. The van der Waals surface area contributed by atoms with Gasteiger partial charge in [0.05, 0.1) is 17.2 Å². The van der Waals surface area contributed by atoms with Crippen molar-refractivity contribution in [2.24, 2.45) is 0 Å². The highest BCUT2D eigenvalue weighted by Gasteiger charge is 2.12. The molecule has 1 amide bonds. The van der Waals surface area contributed by atoms with Crippen LogP contribution in [0.3, 0.4) is 0 Å². The average molecular weight is 447 g/mol. The van der Waals surface area contributed by atoms with E-state index in [4.69, 9.17) is 9.47 Å². The molecule has 10 nitrogen and oxygen atoms in total. The molecule has 0 unspecified atom stereocenters. The maximum atomic E-state index is 12.4. The summed E-state index contributed by atoms with van der Waals surface area (Å²) in [5.41, 5.74) is 3.48. The average Bonchev–Trinajstić information content (AvgIpc) is 3.21. The zero-order valence-electron chi connectivity index (χ0n) is 18.0. The molecule has 1 N–H and O–H groups in total. The maximum Gasteiger partial charge on any atom is 0.269 e. The van der Waals surface area contributed by atoms with Gasteiger partial charge in [-0.3, -0.25) is 14.9 Å². The minimum absolute atomic E-state index is 0.0472. The highest BCUT2D eigenvalue weighted by Crippen LogP contribution is 2.23. The molecule has 0 aliphatic rings. The fourth-order valence-electron chi connectivity index (χ4n) is 3.16. The summed E-state index contributed by atoms with van der Waals surface area (Å²) in [6, 6.07) is 16.6. The van der Waals surface area contributed by atoms with E-state index in [-0.39, 0.29) is 18.2 Å². The zero-order valence-corrected chi connectivity index (χ0v) is 18.0. The number of amides is 1. The first-order chi connectivity index (χ1) is 15.9. The highest BCUT2D eigenvalue weighted by atomic mass is 16.6. The fraction of sp³-hybridized carbons (Fsp3) is 0.174. The Hall–Kier alpha value is -4.47. The lowest BCUT2D eigenvalue weighted by Crippen LogP contribution is -2.20. The van der Waals surface area contributed by atoms with Gasteiger partial charge < -0.3 is 14.8 Å². The number of hydrogen-bond donors (Lipinski definition) is 1. The van der Waals surface area contributed by atoms with Gasteiger partial charge in [-0.05, 0) is 67.9 Å². The van der Waals surface area contributed by atoms with E-state index in [9.17, 15) is 14.9 Å². The second kappa shape index (κ2) is 9.35. The van der Waals surface area contributed by atoms with Gasteiger partial charge in [0.15, 0.2) is 6.61 Å². The molecule has 0 saturated heterocycles. The summed E-state index contributed by atoms with van der Waals surface area (Å²) in [6.07, 6.45) is 0. The molecular weight excluding hydrogens is 426 g/mol. The predicted molar refractivity (Wildman–Crippen MR) is 122 cm³/mol. The van der Waals surface area contributed by atoms with Crippen molar-refractivity contribution in [1.29, 1.82) is 0 Å². The summed E-state index contributed by atoms with van der Waals surface area (Å²) < 4.78 is 10.9. The summed E-state index contributed by atoms with van der Waals surface area (Å²) in [6.45, 7) is 4.14. The normalized spacial score (nSPS) is 10.7. The van der Waals surface area contributed by atoms with Crippen LogP contribution in [0, 0.1) is 17.0 Å². The summed E-state index contributed by atoms with van der Waals surface area (Å²) in [4.78, 5) is 24.1. The van der Waals surface area contributed by atoms with Crippen LogP contribution in [-0.2, 0) is 4.79 Å². The van der Waals surface area contributed by atoms with E-state index in [1.807, 2.05) is 44.2 Å². The van der Waals surface area contributed by atoms with E-state index in [1.54, 1.807) is 6.07 Å². The molecule has 0 bridgehead atoms. The molecular formula is C23H21N5O5. The van der Waals surface area contributed by atoms with Crippen molar-refractivity contribution in [2.45, 2.75) is 13.8 Å². The number of aryl methyl sites for hydroxylation is 1. The molecule has 0 saturated carbocycles. The minimum Gasteiger partial charge on any atom is -0.494 e. The van der Waals surface area contributed by atoms with Gasteiger partial charge in [-0.1, -0.05) is 0 Å². The van der Waals surface area contributed by atoms with Crippen molar-refractivity contribution in [3.05, 3.63) is 76.3 Å². The first kappa shape index (κ1) is 21.8. The molecule has 4 rings (SSSR count). The molecule has 0 aliphatic heterocycles. The van der Waals surface area contributed by atoms with E-state index in [0.717, 1.165) is 17.0 Å². The Bertz CT molecular complexity index is 1300. The molecule has 0 radical (unpaired) electrons. The lowest BCUT2D eigenvalue weighted by molar-refractivity contribution is -0.384. The minimum atomic E-state index is -0.499.